The van der Waals surface area contributed by atoms with E-state index >= 15 is 0 Å². The number of aromatic hydroxyl groups is 1. The second kappa shape index (κ2) is 6.26. The zero-order valence-electron chi connectivity index (χ0n) is 10.6. The molecule has 0 atom stereocenters. The molecule has 0 spiro atoms. The standard InChI is InChI=1S/C14H11BrF3NO2/c15-12-7-9(1-6-13(12)21-14(16,17)18)8-19-10-2-4-11(20)5-3-10/h1-7,19-20H,8H2. The molecule has 2 aromatic rings. The van der Waals surface area contributed by atoms with E-state index in [9.17, 15) is 13.2 Å². The van der Waals surface area contributed by atoms with Crippen molar-refractivity contribution in [3.63, 3.8) is 0 Å². The third-order valence-electron chi connectivity index (χ3n) is 2.59. The molecule has 2 N–H and O–H groups in total. The number of hydrogen-bond acceptors (Lipinski definition) is 3. The molecule has 0 heterocycles. The van der Waals surface area contributed by atoms with Crippen molar-refractivity contribution in [2.75, 3.05) is 5.32 Å². The maximum atomic E-state index is 12.1. The largest absolute Gasteiger partial charge is 0.573 e. The van der Waals surface area contributed by atoms with Crippen molar-refractivity contribution in [2.24, 2.45) is 0 Å². The van der Waals surface area contributed by atoms with Gasteiger partial charge in [0, 0.05) is 12.2 Å². The van der Waals surface area contributed by atoms with Crippen LogP contribution in [0.3, 0.4) is 0 Å². The molecular formula is C14H11BrF3NO2. The van der Waals surface area contributed by atoms with Gasteiger partial charge in [0.05, 0.1) is 4.47 Å². The first kappa shape index (κ1) is 15.5. The maximum Gasteiger partial charge on any atom is 0.573 e. The Balaban J connectivity index is 2.01. The number of rotatable bonds is 4. The molecule has 0 saturated carbocycles. The van der Waals surface area contributed by atoms with E-state index in [1.807, 2.05) is 0 Å². The SMILES string of the molecule is Oc1ccc(NCc2ccc(OC(F)(F)F)c(Br)c2)cc1. The molecule has 0 amide bonds. The highest BCUT2D eigenvalue weighted by Gasteiger charge is 2.31. The van der Waals surface area contributed by atoms with Crippen LogP contribution in [0.2, 0.25) is 0 Å². The lowest BCUT2D eigenvalue weighted by Gasteiger charge is -2.12. The van der Waals surface area contributed by atoms with Crippen LogP contribution >= 0.6 is 15.9 Å². The summed E-state index contributed by atoms with van der Waals surface area (Å²) in [6.07, 6.45) is -4.71. The van der Waals surface area contributed by atoms with Crippen molar-refractivity contribution < 1.29 is 23.0 Å². The van der Waals surface area contributed by atoms with Gasteiger partial charge in [0.25, 0.3) is 0 Å². The molecule has 7 heteroatoms. The minimum atomic E-state index is -4.71. The summed E-state index contributed by atoms with van der Waals surface area (Å²) in [7, 11) is 0. The average Bonchev–Trinajstić information content (AvgIpc) is 2.40. The first-order valence-corrected chi connectivity index (χ1v) is 6.70. The van der Waals surface area contributed by atoms with Gasteiger partial charge < -0.3 is 15.2 Å². The van der Waals surface area contributed by atoms with Gasteiger partial charge >= 0.3 is 6.36 Å². The van der Waals surface area contributed by atoms with Crippen LogP contribution in [0.5, 0.6) is 11.5 Å². The van der Waals surface area contributed by atoms with Crippen molar-refractivity contribution in [2.45, 2.75) is 12.9 Å². The number of halogens is 4. The molecule has 0 unspecified atom stereocenters. The average molecular weight is 362 g/mol. The third kappa shape index (κ3) is 4.86. The lowest BCUT2D eigenvalue weighted by molar-refractivity contribution is -0.274. The van der Waals surface area contributed by atoms with E-state index in [2.05, 4.69) is 26.0 Å². The summed E-state index contributed by atoms with van der Waals surface area (Å²) in [5.74, 6) is -0.118. The summed E-state index contributed by atoms with van der Waals surface area (Å²) in [4.78, 5) is 0. The summed E-state index contributed by atoms with van der Waals surface area (Å²) < 4.78 is 40.5. The van der Waals surface area contributed by atoms with Gasteiger partial charge in [-0.15, -0.1) is 13.2 Å². The molecule has 0 aliphatic rings. The highest BCUT2D eigenvalue weighted by atomic mass is 79.9. The molecule has 0 saturated heterocycles. The lowest BCUT2D eigenvalue weighted by Crippen LogP contribution is -2.17. The van der Waals surface area contributed by atoms with Gasteiger partial charge in [-0.25, -0.2) is 0 Å². The minimum Gasteiger partial charge on any atom is -0.508 e. The van der Waals surface area contributed by atoms with E-state index in [1.54, 1.807) is 36.4 Å². The number of anilines is 1. The monoisotopic (exact) mass is 361 g/mol. The molecule has 21 heavy (non-hydrogen) atoms. The smallest absolute Gasteiger partial charge is 0.508 e. The Morgan fingerprint density at radius 3 is 2.33 bits per heavy atom. The summed E-state index contributed by atoms with van der Waals surface area (Å²) in [5, 5.41) is 12.3. The molecule has 0 fully saturated rings. The lowest BCUT2D eigenvalue weighted by atomic mass is 10.2. The Morgan fingerprint density at radius 1 is 1.10 bits per heavy atom. The predicted molar refractivity (Wildman–Crippen MR) is 76.3 cm³/mol. The fraction of sp³-hybridized carbons (Fsp3) is 0.143. The number of nitrogens with one attached hydrogen (secondary N) is 1. The second-order valence-corrected chi connectivity index (χ2v) is 5.07. The van der Waals surface area contributed by atoms with Gasteiger partial charge in [-0.05, 0) is 57.9 Å². The molecule has 0 aromatic heterocycles. The normalized spacial score (nSPS) is 11.2. The fourth-order valence-corrected chi connectivity index (χ4v) is 2.15. The number of phenolic OH excluding ortho intramolecular Hbond substituents is 1. The topological polar surface area (TPSA) is 41.5 Å². The molecule has 0 aliphatic heterocycles. The van der Waals surface area contributed by atoms with E-state index in [4.69, 9.17) is 5.11 Å². The number of benzene rings is 2. The van der Waals surface area contributed by atoms with Gasteiger partial charge in [-0.3, -0.25) is 0 Å². The molecule has 2 aromatic carbocycles. The van der Waals surface area contributed by atoms with E-state index in [0.717, 1.165) is 11.3 Å². The highest BCUT2D eigenvalue weighted by Crippen LogP contribution is 2.31. The zero-order chi connectivity index (χ0) is 15.5. The quantitative estimate of drug-likeness (QED) is 0.777. The highest BCUT2D eigenvalue weighted by molar-refractivity contribution is 9.10. The van der Waals surface area contributed by atoms with Gasteiger partial charge in [0.2, 0.25) is 0 Å². The summed E-state index contributed by atoms with van der Waals surface area (Å²) in [5.41, 5.74) is 1.57. The number of alkyl halides is 3. The third-order valence-corrected chi connectivity index (χ3v) is 3.21. The maximum absolute atomic E-state index is 12.1. The molecule has 0 bridgehead atoms. The number of ether oxygens (including phenoxy) is 1. The predicted octanol–water partition coefficient (Wildman–Crippen LogP) is 4.67. The van der Waals surface area contributed by atoms with Crippen LogP contribution in [0, 0.1) is 0 Å². The van der Waals surface area contributed by atoms with Crippen molar-refractivity contribution in [3.8, 4) is 11.5 Å². The number of phenols is 1. The van der Waals surface area contributed by atoms with Crippen molar-refractivity contribution >= 4 is 21.6 Å². The first-order chi connectivity index (χ1) is 9.83. The van der Waals surface area contributed by atoms with E-state index in [1.165, 1.54) is 6.07 Å². The molecule has 3 nitrogen and oxygen atoms in total. The molecule has 0 aliphatic carbocycles. The summed E-state index contributed by atoms with van der Waals surface area (Å²) in [6.45, 7) is 0.426. The molecule has 112 valence electrons. The van der Waals surface area contributed by atoms with Gasteiger partial charge in [0.15, 0.2) is 0 Å². The Kier molecular flexibility index (Phi) is 4.62. The Labute approximate surface area is 127 Å². The van der Waals surface area contributed by atoms with Gasteiger partial charge in [-0.2, -0.15) is 0 Å². The van der Waals surface area contributed by atoms with E-state index in [-0.39, 0.29) is 16.0 Å². The minimum absolute atomic E-state index is 0.164. The molecular weight excluding hydrogens is 351 g/mol. The molecule has 0 radical (unpaired) electrons. The van der Waals surface area contributed by atoms with Crippen LogP contribution < -0.4 is 10.1 Å². The van der Waals surface area contributed by atoms with Gasteiger partial charge in [0.1, 0.15) is 11.5 Å². The molecule has 2 rings (SSSR count). The van der Waals surface area contributed by atoms with Gasteiger partial charge in [-0.1, -0.05) is 6.07 Å². The van der Waals surface area contributed by atoms with Crippen LogP contribution in [0.1, 0.15) is 5.56 Å². The van der Waals surface area contributed by atoms with Crippen molar-refractivity contribution in [1.29, 1.82) is 0 Å². The Bertz CT molecular complexity index is 615. The summed E-state index contributed by atoms with van der Waals surface area (Å²) >= 11 is 3.05. The Morgan fingerprint density at radius 2 is 1.76 bits per heavy atom. The number of hydrogen-bond donors (Lipinski definition) is 2. The fourth-order valence-electron chi connectivity index (χ4n) is 1.65. The van der Waals surface area contributed by atoms with E-state index < -0.39 is 6.36 Å². The van der Waals surface area contributed by atoms with Crippen molar-refractivity contribution in [3.05, 3.63) is 52.5 Å². The Hall–Kier alpha value is -1.89. The van der Waals surface area contributed by atoms with Crippen molar-refractivity contribution in [1.82, 2.24) is 0 Å². The van der Waals surface area contributed by atoms with E-state index in [0.29, 0.717) is 6.54 Å². The van der Waals surface area contributed by atoms with Crippen LogP contribution in [0.15, 0.2) is 46.9 Å². The summed E-state index contributed by atoms with van der Waals surface area (Å²) in [6, 6.07) is 10.8. The van der Waals surface area contributed by atoms with Crippen LogP contribution in [0.4, 0.5) is 18.9 Å². The van der Waals surface area contributed by atoms with Crippen LogP contribution in [-0.2, 0) is 6.54 Å². The zero-order valence-corrected chi connectivity index (χ0v) is 12.2. The second-order valence-electron chi connectivity index (χ2n) is 4.21. The first-order valence-electron chi connectivity index (χ1n) is 5.90. The van der Waals surface area contributed by atoms with Crippen LogP contribution in [-0.4, -0.2) is 11.5 Å². The van der Waals surface area contributed by atoms with Crippen LogP contribution in [0.25, 0.3) is 0 Å².